The van der Waals surface area contributed by atoms with Crippen molar-refractivity contribution in [3.63, 3.8) is 0 Å². The first kappa shape index (κ1) is 17.5. The summed E-state index contributed by atoms with van der Waals surface area (Å²) in [5.74, 6) is -0.0692. The first-order chi connectivity index (χ1) is 12.4. The van der Waals surface area contributed by atoms with E-state index in [9.17, 15) is 13.2 Å². The summed E-state index contributed by atoms with van der Waals surface area (Å²) in [5, 5.41) is 4.11. The van der Waals surface area contributed by atoms with Crippen molar-refractivity contribution in [1.82, 2.24) is 4.90 Å². The predicted molar refractivity (Wildman–Crippen MR) is 105 cm³/mol. The molecule has 4 nitrogen and oxygen atoms in total. The van der Waals surface area contributed by atoms with Crippen molar-refractivity contribution in [2.24, 2.45) is 0 Å². The van der Waals surface area contributed by atoms with E-state index in [2.05, 4.69) is 17.5 Å². The van der Waals surface area contributed by atoms with Crippen molar-refractivity contribution >= 4 is 38.4 Å². The van der Waals surface area contributed by atoms with Gasteiger partial charge in [0.2, 0.25) is 0 Å². The van der Waals surface area contributed by atoms with Crippen molar-refractivity contribution in [2.75, 3.05) is 12.8 Å². The van der Waals surface area contributed by atoms with Gasteiger partial charge in [-0.25, -0.2) is 8.42 Å². The summed E-state index contributed by atoms with van der Waals surface area (Å²) in [6.07, 6.45) is 2.02. The van der Waals surface area contributed by atoms with E-state index in [1.54, 1.807) is 34.8 Å². The van der Waals surface area contributed by atoms with E-state index in [-0.39, 0.29) is 16.8 Å². The van der Waals surface area contributed by atoms with Crippen LogP contribution in [0.25, 0.3) is 0 Å². The number of carbonyl (C=O) groups excluding carboxylic acids is 1. The number of hydrogen-bond acceptors (Lipinski definition) is 5. The van der Waals surface area contributed by atoms with Gasteiger partial charge >= 0.3 is 0 Å². The molecule has 0 saturated carbocycles. The zero-order valence-corrected chi connectivity index (χ0v) is 16.5. The number of amides is 1. The van der Waals surface area contributed by atoms with E-state index in [1.807, 2.05) is 16.3 Å². The third-order valence-electron chi connectivity index (χ3n) is 4.57. The molecule has 0 spiro atoms. The molecule has 1 aliphatic rings. The number of hydrogen-bond donors (Lipinski definition) is 0. The van der Waals surface area contributed by atoms with Gasteiger partial charge in [-0.05, 0) is 59.1 Å². The number of benzene rings is 1. The molecule has 0 saturated heterocycles. The Morgan fingerprint density at radius 2 is 1.85 bits per heavy atom. The van der Waals surface area contributed by atoms with Gasteiger partial charge in [0, 0.05) is 28.1 Å². The molecular weight excluding hydrogens is 386 g/mol. The highest BCUT2D eigenvalue weighted by Gasteiger charge is 2.33. The Morgan fingerprint density at radius 3 is 2.50 bits per heavy atom. The molecule has 1 aliphatic heterocycles. The lowest BCUT2D eigenvalue weighted by atomic mass is 9.97. The lowest BCUT2D eigenvalue weighted by molar-refractivity contribution is 0.0698. The number of rotatable bonds is 3. The van der Waals surface area contributed by atoms with Gasteiger partial charge in [0.05, 0.1) is 10.9 Å². The second-order valence-electron chi connectivity index (χ2n) is 6.26. The Bertz CT molecular complexity index is 1030. The van der Waals surface area contributed by atoms with Crippen LogP contribution >= 0.6 is 22.7 Å². The fourth-order valence-electron chi connectivity index (χ4n) is 3.30. The van der Waals surface area contributed by atoms with Crippen LogP contribution in [0.2, 0.25) is 0 Å². The quantitative estimate of drug-likeness (QED) is 0.664. The van der Waals surface area contributed by atoms with Crippen LogP contribution in [0, 0.1) is 0 Å². The van der Waals surface area contributed by atoms with Crippen LogP contribution in [0.1, 0.15) is 31.7 Å². The summed E-state index contributed by atoms with van der Waals surface area (Å²) in [7, 11) is -3.27. The Balaban J connectivity index is 1.71. The first-order valence-corrected chi connectivity index (χ1v) is 11.8. The maximum atomic E-state index is 13.2. The van der Waals surface area contributed by atoms with E-state index < -0.39 is 9.84 Å². The molecule has 2 aromatic heterocycles. The van der Waals surface area contributed by atoms with Crippen molar-refractivity contribution in [2.45, 2.75) is 17.4 Å². The van der Waals surface area contributed by atoms with Gasteiger partial charge in [-0.3, -0.25) is 4.79 Å². The lowest BCUT2D eigenvalue weighted by Gasteiger charge is -2.35. The Hall–Kier alpha value is -1.96. The molecule has 0 unspecified atom stereocenters. The zero-order chi connectivity index (χ0) is 18.3. The highest BCUT2D eigenvalue weighted by molar-refractivity contribution is 7.90. The molecule has 1 atom stereocenters. The number of fused-ring (bicyclic) bond motifs is 1. The van der Waals surface area contributed by atoms with Crippen LogP contribution < -0.4 is 0 Å². The highest BCUT2D eigenvalue weighted by atomic mass is 32.2. The third-order valence-corrected chi connectivity index (χ3v) is 7.62. The smallest absolute Gasteiger partial charge is 0.254 e. The summed E-state index contributed by atoms with van der Waals surface area (Å²) >= 11 is 3.39. The number of nitrogens with zero attached hydrogens (tertiary/aromatic N) is 1. The monoisotopic (exact) mass is 403 g/mol. The number of sulfone groups is 1. The average molecular weight is 404 g/mol. The minimum Gasteiger partial charge on any atom is -0.326 e. The molecule has 1 amide bonds. The van der Waals surface area contributed by atoms with Crippen molar-refractivity contribution in [1.29, 1.82) is 0 Å². The molecule has 134 valence electrons. The maximum Gasteiger partial charge on any atom is 0.254 e. The molecule has 0 bridgehead atoms. The van der Waals surface area contributed by atoms with Gasteiger partial charge in [0.1, 0.15) is 0 Å². The minimum absolute atomic E-state index is 0.0692. The number of carbonyl (C=O) groups is 1. The largest absolute Gasteiger partial charge is 0.326 e. The molecule has 4 rings (SSSR count). The Morgan fingerprint density at radius 1 is 1.08 bits per heavy atom. The molecule has 0 N–H and O–H groups in total. The standard InChI is InChI=1S/C19H17NO3S3/c1-26(22,23)14-6-4-13(5-7-14)19(21)20-10-8-16-15(9-12-25-16)18(20)17-3-2-11-24-17/h2-7,9,11-12,18H,8,10H2,1H3/t18-/m0/s1. The molecule has 0 fully saturated rings. The Kier molecular flexibility index (Phi) is 4.46. The van der Waals surface area contributed by atoms with Crippen LogP contribution in [0.5, 0.6) is 0 Å². The van der Waals surface area contributed by atoms with Gasteiger partial charge in [-0.2, -0.15) is 0 Å². The molecule has 0 aliphatic carbocycles. The zero-order valence-electron chi connectivity index (χ0n) is 14.1. The predicted octanol–water partition coefficient (Wildman–Crippen LogP) is 4.00. The van der Waals surface area contributed by atoms with Crippen LogP contribution in [-0.4, -0.2) is 32.0 Å². The summed E-state index contributed by atoms with van der Waals surface area (Å²) in [5.41, 5.74) is 1.71. The molecule has 26 heavy (non-hydrogen) atoms. The summed E-state index contributed by atoms with van der Waals surface area (Å²) in [4.78, 5) is 17.8. The number of thiophene rings is 2. The normalized spacial score (nSPS) is 17.1. The van der Waals surface area contributed by atoms with Crippen molar-refractivity contribution in [3.8, 4) is 0 Å². The molecule has 1 aromatic carbocycles. The molecule has 3 heterocycles. The van der Waals surface area contributed by atoms with E-state index in [0.717, 1.165) is 11.3 Å². The van der Waals surface area contributed by atoms with Crippen molar-refractivity contribution in [3.05, 3.63) is 74.1 Å². The van der Waals surface area contributed by atoms with Gasteiger partial charge in [-0.1, -0.05) is 6.07 Å². The fraction of sp³-hybridized carbons (Fsp3) is 0.211. The summed E-state index contributed by atoms with van der Waals surface area (Å²) in [6, 6.07) is 12.3. The SMILES string of the molecule is CS(=O)(=O)c1ccc(C(=O)N2CCc3sccc3[C@H]2c2cccs2)cc1. The topological polar surface area (TPSA) is 54.5 Å². The van der Waals surface area contributed by atoms with E-state index in [1.165, 1.54) is 28.8 Å². The maximum absolute atomic E-state index is 13.2. The van der Waals surface area contributed by atoms with Gasteiger partial charge in [0.25, 0.3) is 5.91 Å². The van der Waals surface area contributed by atoms with Crippen LogP contribution in [-0.2, 0) is 16.3 Å². The van der Waals surface area contributed by atoms with Gasteiger partial charge < -0.3 is 4.90 Å². The lowest BCUT2D eigenvalue weighted by Crippen LogP contribution is -2.39. The van der Waals surface area contributed by atoms with Gasteiger partial charge in [-0.15, -0.1) is 22.7 Å². The summed E-state index contributed by atoms with van der Waals surface area (Å²) < 4.78 is 23.3. The third kappa shape index (κ3) is 3.11. The molecular formula is C19H17NO3S3. The second kappa shape index (κ2) is 6.64. The van der Waals surface area contributed by atoms with E-state index in [0.29, 0.717) is 12.1 Å². The summed E-state index contributed by atoms with van der Waals surface area (Å²) in [6.45, 7) is 0.655. The minimum atomic E-state index is -3.27. The van der Waals surface area contributed by atoms with Crippen LogP contribution in [0.4, 0.5) is 0 Å². The highest BCUT2D eigenvalue weighted by Crippen LogP contribution is 2.40. The average Bonchev–Trinajstić information content (AvgIpc) is 3.31. The van der Waals surface area contributed by atoms with Gasteiger partial charge in [0.15, 0.2) is 9.84 Å². The molecule has 3 aromatic rings. The van der Waals surface area contributed by atoms with E-state index >= 15 is 0 Å². The molecule has 0 radical (unpaired) electrons. The van der Waals surface area contributed by atoms with Crippen LogP contribution in [0.15, 0.2) is 58.1 Å². The Labute approximate surface area is 160 Å². The van der Waals surface area contributed by atoms with E-state index in [4.69, 9.17) is 0 Å². The van der Waals surface area contributed by atoms with Crippen LogP contribution in [0.3, 0.4) is 0 Å². The molecule has 7 heteroatoms. The fourth-order valence-corrected chi connectivity index (χ4v) is 5.69. The second-order valence-corrected chi connectivity index (χ2v) is 10.3. The van der Waals surface area contributed by atoms with Crippen molar-refractivity contribution < 1.29 is 13.2 Å². The first-order valence-electron chi connectivity index (χ1n) is 8.16.